The monoisotopic (exact) mass is 350 g/mol. The van der Waals surface area contributed by atoms with Gasteiger partial charge in [0.1, 0.15) is 0 Å². The SMILES string of the molecule is Nn1nc(C2CCN(C3CC3)CC2)c2cc(C(=O)c3ccco3)ccc21. The fourth-order valence-electron chi connectivity index (χ4n) is 4.14. The lowest BCUT2D eigenvalue weighted by Crippen LogP contribution is -2.34. The second-order valence-electron chi connectivity index (χ2n) is 7.41. The highest BCUT2D eigenvalue weighted by atomic mass is 16.3. The van der Waals surface area contributed by atoms with Crippen LogP contribution in [0.5, 0.6) is 0 Å². The molecule has 6 heteroatoms. The van der Waals surface area contributed by atoms with Crippen molar-refractivity contribution in [2.75, 3.05) is 18.9 Å². The molecule has 0 radical (unpaired) electrons. The standard InChI is InChI=1S/C20H22N4O2/c21-24-17-6-3-14(20(25)18-2-1-11-26-18)12-16(17)19(22-24)13-7-9-23(10-8-13)15-4-5-15/h1-3,6,11-13,15H,4-5,7-10,21H2. The Morgan fingerprint density at radius 2 is 1.96 bits per heavy atom. The van der Waals surface area contributed by atoms with Crippen molar-refractivity contribution < 1.29 is 9.21 Å². The second kappa shape index (κ2) is 5.99. The van der Waals surface area contributed by atoms with Gasteiger partial charge in [-0.25, -0.2) is 0 Å². The van der Waals surface area contributed by atoms with Gasteiger partial charge in [-0.2, -0.15) is 9.89 Å². The number of hydrogen-bond acceptors (Lipinski definition) is 5. The Labute approximate surface area is 151 Å². The number of nitrogen functional groups attached to an aromatic ring is 1. The summed E-state index contributed by atoms with van der Waals surface area (Å²) >= 11 is 0. The van der Waals surface area contributed by atoms with Crippen molar-refractivity contribution in [3.05, 3.63) is 53.6 Å². The van der Waals surface area contributed by atoms with Crippen LogP contribution in [-0.2, 0) is 0 Å². The molecule has 0 unspecified atom stereocenters. The summed E-state index contributed by atoms with van der Waals surface area (Å²) in [4.78, 5) is 16.7. The Hall–Kier alpha value is -2.60. The van der Waals surface area contributed by atoms with Gasteiger partial charge in [-0.1, -0.05) is 0 Å². The van der Waals surface area contributed by atoms with E-state index in [4.69, 9.17) is 10.3 Å². The van der Waals surface area contributed by atoms with Crippen molar-refractivity contribution in [2.45, 2.75) is 37.6 Å². The average Bonchev–Trinajstić information content (AvgIpc) is 3.28. The zero-order chi connectivity index (χ0) is 17.7. The summed E-state index contributed by atoms with van der Waals surface area (Å²) in [5.41, 5.74) is 2.49. The smallest absolute Gasteiger partial charge is 0.228 e. The van der Waals surface area contributed by atoms with E-state index in [1.54, 1.807) is 18.2 Å². The van der Waals surface area contributed by atoms with Gasteiger partial charge in [-0.05, 0) is 69.1 Å². The highest BCUT2D eigenvalue weighted by Gasteiger charge is 2.33. The number of nitrogens with two attached hydrogens (primary N) is 1. The number of hydrogen-bond donors (Lipinski definition) is 1. The maximum atomic E-state index is 12.6. The molecular formula is C20H22N4O2. The molecule has 1 aromatic carbocycles. The molecule has 3 heterocycles. The van der Waals surface area contributed by atoms with E-state index in [1.807, 2.05) is 12.1 Å². The number of ketones is 1. The number of carbonyl (C=O) groups excluding carboxylic acids is 1. The molecule has 1 saturated carbocycles. The van der Waals surface area contributed by atoms with Gasteiger partial charge < -0.3 is 15.2 Å². The molecule has 0 atom stereocenters. The molecule has 0 bridgehead atoms. The first-order valence-corrected chi connectivity index (χ1v) is 9.31. The van der Waals surface area contributed by atoms with Crippen molar-refractivity contribution in [2.24, 2.45) is 0 Å². The summed E-state index contributed by atoms with van der Waals surface area (Å²) in [6, 6.07) is 9.81. The van der Waals surface area contributed by atoms with E-state index in [1.165, 1.54) is 23.9 Å². The van der Waals surface area contributed by atoms with E-state index in [0.29, 0.717) is 17.2 Å². The van der Waals surface area contributed by atoms with Crippen molar-refractivity contribution in [3.63, 3.8) is 0 Å². The summed E-state index contributed by atoms with van der Waals surface area (Å²) in [6.07, 6.45) is 6.41. The number of furan rings is 1. The number of nitrogens with zero attached hydrogens (tertiary/aromatic N) is 3. The van der Waals surface area contributed by atoms with Crippen molar-refractivity contribution in [1.29, 1.82) is 0 Å². The van der Waals surface area contributed by atoms with Gasteiger partial charge in [0, 0.05) is 22.9 Å². The van der Waals surface area contributed by atoms with Crippen LogP contribution in [0.2, 0.25) is 0 Å². The molecule has 1 saturated heterocycles. The molecule has 0 spiro atoms. The van der Waals surface area contributed by atoms with Crippen LogP contribution in [0.4, 0.5) is 0 Å². The molecule has 2 aliphatic rings. The fraction of sp³-hybridized carbons (Fsp3) is 0.400. The minimum atomic E-state index is -0.115. The molecule has 1 aliphatic heterocycles. The third kappa shape index (κ3) is 2.61. The second-order valence-corrected chi connectivity index (χ2v) is 7.41. The molecule has 0 amide bonds. The zero-order valence-corrected chi connectivity index (χ0v) is 14.6. The highest BCUT2D eigenvalue weighted by Crippen LogP contribution is 2.36. The van der Waals surface area contributed by atoms with Gasteiger partial charge >= 0.3 is 0 Å². The van der Waals surface area contributed by atoms with E-state index >= 15 is 0 Å². The third-order valence-electron chi connectivity index (χ3n) is 5.72. The molecule has 1 aliphatic carbocycles. The van der Waals surface area contributed by atoms with E-state index < -0.39 is 0 Å². The number of fused-ring (bicyclic) bond motifs is 1. The van der Waals surface area contributed by atoms with Crippen LogP contribution in [0.15, 0.2) is 41.0 Å². The molecule has 5 rings (SSSR count). The van der Waals surface area contributed by atoms with Crippen LogP contribution in [0, 0.1) is 0 Å². The minimum absolute atomic E-state index is 0.115. The quantitative estimate of drug-likeness (QED) is 0.578. The third-order valence-corrected chi connectivity index (χ3v) is 5.72. The van der Waals surface area contributed by atoms with Crippen LogP contribution in [-0.4, -0.2) is 39.7 Å². The molecule has 2 N–H and O–H groups in total. The van der Waals surface area contributed by atoms with E-state index in [9.17, 15) is 4.79 Å². The molecule has 6 nitrogen and oxygen atoms in total. The average molecular weight is 350 g/mol. The molecule has 26 heavy (non-hydrogen) atoms. The van der Waals surface area contributed by atoms with Gasteiger partial charge in [-0.15, -0.1) is 0 Å². The number of carbonyl (C=O) groups is 1. The predicted octanol–water partition coefficient (Wildman–Crippen LogP) is 2.92. The Balaban J connectivity index is 1.47. The summed E-state index contributed by atoms with van der Waals surface area (Å²) in [5, 5.41) is 5.58. The molecule has 134 valence electrons. The lowest BCUT2D eigenvalue weighted by atomic mass is 9.91. The number of aromatic nitrogens is 2. The number of piperidine rings is 1. The maximum absolute atomic E-state index is 12.6. The maximum Gasteiger partial charge on any atom is 0.228 e. The molecule has 2 fully saturated rings. The van der Waals surface area contributed by atoms with Crippen LogP contribution in [0.3, 0.4) is 0 Å². The van der Waals surface area contributed by atoms with Crippen molar-refractivity contribution in [1.82, 2.24) is 14.8 Å². The van der Waals surface area contributed by atoms with Gasteiger partial charge in [0.15, 0.2) is 5.76 Å². The molecule has 3 aromatic rings. The largest absolute Gasteiger partial charge is 0.461 e. The summed E-state index contributed by atoms with van der Waals surface area (Å²) < 4.78 is 5.25. The first-order chi connectivity index (χ1) is 12.7. The Morgan fingerprint density at radius 1 is 1.15 bits per heavy atom. The topological polar surface area (TPSA) is 77.3 Å². The normalized spacial score (nSPS) is 19.2. The summed E-state index contributed by atoms with van der Waals surface area (Å²) in [5.74, 6) is 6.71. The Kier molecular flexibility index (Phi) is 3.60. The minimum Gasteiger partial charge on any atom is -0.461 e. The van der Waals surface area contributed by atoms with Crippen molar-refractivity contribution >= 4 is 16.7 Å². The van der Waals surface area contributed by atoms with Gasteiger partial charge in [-0.3, -0.25) is 4.79 Å². The van der Waals surface area contributed by atoms with E-state index in [2.05, 4.69) is 10.00 Å². The Bertz CT molecular complexity index is 948. The first kappa shape index (κ1) is 15.6. The zero-order valence-electron chi connectivity index (χ0n) is 14.6. The van der Waals surface area contributed by atoms with Gasteiger partial charge in [0.25, 0.3) is 0 Å². The summed E-state index contributed by atoms with van der Waals surface area (Å²) in [7, 11) is 0. The number of likely N-dealkylation sites (tertiary alicyclic amines) is 1. The fourth-order valence-corrected chi connectivity index (χ4v) is 4.14. The predicted molar refractivity (Wildman–Crippen MR) is 98.6 cm³/mol. The lowest BCUT2D eigenvalue weighted by Gasteiger charge is -2.31. The number of benzene rings is 1. The molecule has 2 aromatic heterocycles. The first-order valence-electron chi connectivity index (χ1n) is 9.31. The van der Waals surface area contributed by atoms with Gasteiger partial charge in [0.2, 0.25) is 5.78 Å². The highest BCUT2D eigenvalue weighted by molar-refractivity contribution is 6.09. The Morgan fingerprint density at radius 3 is 2.65 bits per heavy atom. The van der Waals surface area contributed by atoms with Gasteiger partial charge in [0.05, 0.1) is 17.5 Å². The molecular weight excluding hydrogens is 328 g/mol. The lowest BCUT2D eigenvalue weighted by molar-refractivity contribution is 0.101. The van der Waals surface area contributed by atoms with Crippen LogP contribution < -0.4 is 5.84 Å². The van der Waals surface area contributed by atoms with Crippen molar-refractivity contribution in [3.8, 4) is 0 Å². The summed E-state index contributed by atoms with van der Waals surface area (Å²) in [6.45, 7) is 2.25. The van der Waals surface area contributed by atoms with Crippen LogP contribution in [0.1, 0.15) is 53.4 Å². The number of rotatable bonds is 4. The van der Waals surface area contributed by atoms with E-state index in [-0.39, 0.29) is 5.78 Å². The van der Waals surface area contributed by atoms with Crippen LogP contribution >= 0.6 is 0 Å². The van der Waals surface area contributed by atoms with E-state index in [0.717, 1.165) is 48.6 Å². The van der Waals surface area contributed by atoms with Crippen LogP contribution in [0.25, 0.3) is 10.9 Å².